The third kappa shape index (κ3) is 2.39. The Morgan fingerprint density at radius 1 is 1.47 bits per heavy atom. The van der Waals surface area contributed by atoms with Crippen LogP contribution in [-0.4, -0.2) is 11.5 Å². The van der Waals surface area contributed by atoms with E-state index >= 15 is 0 Å². The average molecular weight is 222 g/mol. The van der Waals surface area contributed by atoms with Crippen molar-refractivity contribution in [2.24, 2.45) is 0 Å². The Morgan fingerprint density at radius 3 is 3.00 bits per heavy atom. The first kappa shape index (κ1) is 10.2. The molecular formula is C11H14N2OS. The lowest BCUT2D eigenvalue weighted by molar-refractivity contribution is 0.547. The van der Waals surface area contributed by atoms with Gasteiger partial charge in [-0.25, -0.2) is 4.98 Å². The number of aromatic nitrogens is 1. The van der Waals surface area contributed by atoms with Gasteiger partial charge in [-0.2, -0.15) is 0 Å². The molecule has 0 aromatic carbocycles. The minimum absolute atomic E-state index is 0.841. The second kappa shape index (κ2) is 4.49. The van der Waals surface area contributed by atoms with Crippen LogP contribution in [0.3, 0.4) is 0 Å². The molecule has 0 aliphatic rings. The molecular weight excluding hydrogens is 208 g/mol. The van der Waals surface area contributed by atoms with Crippen LogP contribution in [0.15, 0.2) is 21.9 Å². The summed E-state index contributed by atoms with van der Waals surface area (Å²) in [5.41, 5.74) is 0.909. The van der Waals surface area contributed by atoms with Crippen molar-refractivity contribution in [3.8, 4) is 11.5 Å². The number of rotatable bonds is 4. The SMILES string of the molecule is CCCNc1nc(-c2ccc(C)o2)cs1. The number of hydrogen-bond donors (Lipinski definition) is 1. The van der Waals surface area contributed by atoms with E-state index in [4.69, 9.17) is 4.42 Å². The van der Waals surface area contributed by atoms with Crippen LogP contribution < -0.4 is 5.32 Å². The molecule has 0 unspecified atom stereocenters. The molecule has 0 saturated heterocycles. The van der Waals surface area contributed by atoms with Crippen LogP contribution in [0, 0.1) is 6.92 Å². The maximum atomic E-state index is 5.50. The lowest BCUT2D eigenvalue weighted by Crippen LogP contribution is -1.98. The summed E-state index contributed by atoms with van der Waals surface area (Å²) < 4.78 is 5.50. The lowest BCUT2D eigenvalue weighted by Gasteiger charge is -1.96. The minimum atomic E-state index is 0.841. The van der Waals surface area contributed by atoms with Crippen LogP contribution in [-0.2, 0) is 0 Å². The van der Waals surface area contributed by atoms with Crippen molar-refractivity contribution in [2.75, 3.05) is 11.9 Å². The Kier molecular flexibility index (Phi) is 3.06. The highest BCUT2D eigenvalue weighted by Crippen LogP contribution is 2.26. The maximum Gasteiger partial charge on any atom is 0.183 e. The highest BCUT2D eigenvalue weighted by Gasteiger charge is 2.07. The largest absolute Gasteiger partial charge is 0.460 e. The van der Waals surface area contributed by atoms with Gasteiger partial charge >= 0.3 is 0 Å². The zero-order valence-electron chi connectivity index (χ0n) is 8.91. The molecule has 0 aliphatic heterocycles. The molecule has 0 bridgehead atoms. The van der Waals surface area contributed by atoms with Gasteiger partial charge in [0.15, 0.2) is 10.9 Å². The van der Waals surface area contributed by atoms with Gasteiger partial charge < -0.3 is 9.73 Å². The number of nitrogens with zero attached hydrogens (tertiary/aromatic N) is 1. The molecule has 0 saturated carbocycles. The minimum Gasteiger partial charge on any atom is -0.460 e. The van der Waals surface area contributed by atoms with Gasteiger partial charge in [0, 0.05) is 11.9 Å². The fourth-order valence-electron chi connectivity index (χ4n) is 1.27. The smallest absolute Gasteiger partial charge is 0.183 e. The second-order valence-electron chi connectivity index (χ2n) is 3.37. The standard InChI is InChI=1S/C11H14N2OS/c1-3-6-12-11-13-9(7-15-11)10-5-4-8(2)14-10/h4-5,7H,3,6H2,1-2H3,(H,12,13). The van der Waals surface area contributed by atoms with Gasteiger partial charge in [-0.1, -0.05) is 6.92 Å². The van der Waals surface area contributed by atoms with Gasteiger partial charge in [0.1, 0.15) is 11.5 Å². The Balaban J connectivity index is 2.13. The summed E-state index contributed by atoms with van der Waals surface area (Å²) in [6, 6.07) is 3.90. The molecule has 4 heteroatoms. The van der Waals surface area contributed by atoms with E-state index in [1.165, 1.54) is 0 Å². The topological polar surface area (TPSA) is 38.1 Å². The lowest BCUT2D eigenvalue weighted by atomic mass is 10.4. The predicted molar refractivity (Wildman–Crippen MR) is 63.3 cm³/mol. The molecule has 0 radical (unpaired) electrons. The van der Waals surface area contributed by atoms with Gasteiger partial charge in [0.25, 0.3) is 0 Å². The van der Waals surface area contributed by atoms with Gasteiger partial charge in [-0.15, -0.1) is 11.3 Å². The number of anilines is 1. The quantitative estimate of drug-likeness (QED) is 0.860. The highest BCUT2D eigenvalue weighted by molar-refractivity contribution is 7.14. The molecule has 2 aromatic heterocycles. The summed E-state index contributed by atoms with van der Waals surface area (Å²) >= 11 is 1.61. The van der Waals surface area contributed by atoms with E-state index < -0.39 is 0 Å². The number of hydrogen-bond acceptors (Lipinski definition) is 4. The molecule has 3 nitrogen and oxygen atoms in total. The fraction of sp³-hybridized carbons (Fsp3) is 0.364. The molecule has 2 aromatic rings. The number of aryl methyl sites for hydroxylation is 1. The number of thiazole rings is 1. The van der Waals surface area contributed by atoms with Crippen molar-refractivity contribution < 1.29 is 4.42 Å². The molecule has 2 rings (SSSR count). The zero-order valence-corrected chi connectivity index (χ0v) is 9.73. The normalized spacial score (nSPS) is 10.5. The van der Waals surface area contributed by atoms with Crippen LogP contribution in [0.1, 0.15) is 19.1 Å². The van der Waals surface area contributed by atoms with Crippen molar-refractivity contribution in [1.29, 1.82) is 0 Å². The molecule has 0 fully saturated rings. The van der Waals surface area contributed by atoms with E-state index in [1.807, 2.05) is 24.4 Å². The summed E-state index contributed by atoms with van der Waals surface area (Å²) in [7, 11) is 0. The summed E-state index contributed by atoms with van der Waals surface area (Å²) in [5.74, 6) is 1.76. The summed E-state index contributed by atoms with van der Waals surface area (Å²) in [6.45, 7) is 5.04. The fourth-order valence-corrected chi connectivity index (χ4v) is 2.00. The molecule has 2 heterocycles. The zero-order chi connectivity index (χ0) is 10.7. The monoisotopic (exact) mass is 222 g/mol. The number of nitrogens with one attached hydrogen (secondary N) is 1. The van der Waals surface area contributed by atoms with Gasteiger partial charge in [-0.05, 0) is 25.5 Å². The van der Waals surface area contributed by atoms with Crippen molar-refractivity contribution in [3.63, 3.8) is 0 Å². The van der Waals surface area contributed by atoms with Crippen LogP contribution in [0.25, 0.3) is 11.5 Å². The molecule has 0 spiro atoms. The van der Waals surface area contributed by atoms with Gasteiger partial charge in [-0.3, -0.25) is 0 Å². The van der Waals surface area contributed by atoms with Crippen molar-refractivity contribution in [3.05, 3.63) is 23.3 Å². The van der Waals surface area contributed by atoms with Gasteiger partial charge in [0.05, 0.1) is 0 Å². The maximum absolute atomic E-state index is 5.50. The Hall–Kier alpha value is -1.29. The average Bonchev–Trinajstić information content (AvgIpc) is 2.83. The van der Waals surface area contributed by atoms with Crippen LogP contribution in [0.4, 0.5) is 5.13 Å². The van der Waals surface area contributed by atoms with Gasteiger partial charge in [0.2, 0.25) is 0 Å². The van der Waals surface area contributed by atoms with E-state index in [0.717, 1.165) is 35.3 Å². The van der Waals surface area contributed by atoms with Crippen LogP contribution in [0.2, 0.25) is 0 Å². The molecule has 80 valence electrons. The molecule has 0 amide bonds. The van der Waals surface area contributed by atoms with Crippen molar-refractivity contribution in [2.45, 2.75) is 20.3 Å². The molecule has 0 atom stereocenters. The number of furan rings is 1. The van der Waals surface area contributed by atoms with Crippen molar-refractivity contribution in [1.82, 2.24) is 4.98 Å². The van der Waals surface area contributed by atoms with E-state index in [1.54, 1.807) is 11.3 Å². The summed E-state index contributed by atoms with van der Waals surface area (Å²) in [4.78, 5) is 4.44. The second-order valence-corrected chi connectivity index (χ2v) is 4.23. The van der Waals surface area contributed by atoms with E-state index in [-0.39, 0.29) is 0 Å². The van der Waals surface area contributed by atoms with E-state index in [9.17, 15) is 0 Å². The third-order valence-corrected chi connectivity index (χ3v) is 2.82. The first-order valence-corrected chi connectivity index (χ1v) is 5.93. The Bertz CT molecular complexity index is 433. The highest BCUT2D eigenvalue weighted by atomic mass is 32.1. The van der Waals surface area contributed by atoms with E-state index in [2.05, 4.69) is 17.2 Å². The first-order chi connectivity index (χ1) is 7.29. The molecule has 0 aliphatic carbocycles. The van der Waals surface area contributed by atoms with Crippen molar-refractivity contribution >= 4 is 16.5 Å². The third-order valence-electron chi connectivity index (χ3n) is 2.02. The van der Waals surface area contributed by atoms with Crippen LogP contribution in [0.5, 0.6) is 0 Å². The molecule has 1 N–H and O–H groups in total. The van der Waals surface area contributed by atoms with E-state index in [0.29, 0.717) is 0 Å². The van der Waals surface area contributed by atoms with Crippen LogP contribution >= 0.6 is 11.3 Å². The first-order valence-electron chi connectivity index (χ1n) is 5.06. The molecule has 15 heavy (non-hydrogen) atoms. The summed E-state index contributed by atoms with van der Waals surface area (Å²) in [6.07, 6.45) is 1.11. The predicted octanol–water partition coefficient (Wildman–Crippen LogP) is 3.53. The Labute approximate surface area is 93.2 Å². The summed E-state index contributed by atoms with van der Waals surface area (Å²) in [5, 5.41) is 6.23. The Morgan fingerprint density at radius 2 is 2.33 bits per heavy atom.